The number of unbranched alkanes of at least 4 members (excludes halogenated alkanes) is 2. The van der Waals surface area contributed by atoms with E-state index in [0.717, 1.165) is 25.7 Å². The molecule has 0 unspecified atom stereocenters. The summed E-state index contributed by atoms with van der Waals surface area (Å²) in [6.45, 7) is 2.21. The van der Waals surface area contributed by atoms with Gasteiger partial charge in [-0.3, -0.25) is 0 Å². The van der Waals surface area contributed by atoms with E-state index in [0.29, 0.717) is 66.7 Å². The van der Waals surface area contributed by atoms with Crippen LogP contribution in [0.5, 0.6) is 11.5 Å². The maximum atomic E-state index is 15.0. The summed E-state index contributed by atoms with van der Waals surface area (Å²) in [5.41, 5.74) is -1.77. The lowest BCUT2D eigenvalue weighted by atomic mass is 10.00. The zero-order chi connectivity index (χ0) is 34.6. The van der Waals surface area contributed by atoms with Crippen LogP contribution < -0.4 is 9.47 Å². The van der Waals surface area contributed by atoms with Gasteiger partial charge in [0.05, 0.1) is 18.8 Å². The smallest absolute Gasteiger partial charge is 0.432 e. The third kappa shape index (κ3) is 8.07. The van der Waals surface area contributed by atoms with E-state index < -0.39 is 82.4 Å². The quantitative estimate of drug-likeness (QED) is 0.0846. The first-order valence-corrected chi connectivity index (χ1v) is 15.0. The number of hydrogen-bond acceptors (Lipinski definition) is 4. The highest BCUT2D eigenvalue weighted by Gasteiger charge is 2.41. The molecule has 5 rings (SSSR count). The Hall–Kier alpha value is -4.23. The zero-order valence-corrected chi connectivity index (χ0v) is 25.4. The van der Waals surface area contributed by atoms with Gasteiger partial charge in [0.2, 0.25) is 0 Å². The van der Waals surface area contributed by atoms with Crippen LogP contribution in [-0.4, -0.2) is 13.2 Å². The molecule has 256 valence electrons. The molecule has 48 heavy (non-hydrogen) atoms. The fourth-order valence-electron chi connectivity index (χ4n) is 5.18. The maximum Gasteiger partial charge on any atom is 0.432 e. The maximum absolute atomic E-state index is 15.0. The summed E-state index contributed by atoms with van der Waals surface area (Å²) in [6, 6.07) is 9.13. The summed E-state index contributed by atoms with van der Waals surface area (Å²) in [5.74, 6) is -12.8. The number of benzene rings is 4. The van der Waals surface area contributed by atoms with Gasteiger partial charge < -0.3 is 18.9 Å². The molecular weight excluding hydrogens is 655 g/mol. The average molecular weight is 685 g/mol. The zero-order valence-electron chi connectivity index (χ0n) is 25.4. The van der Waals surface area contributed by atoms with Crippen molar-refractivity contribution in [2.45, 2.75) is 51.6 Å². The van der Waals surface area contributed by atoms with Crippen molar-refractivity contribution in [2.24, 2.45) is 5.92 Å². The highest BCUT2D eigenvalue weighted by molar-refractivity contribution is 5.64. The van der Waals surface area contributed by atoms with Crippen LogP contribution in [0.3, 0.4) is 0 Å². The molecular formula is C35H29F9O4. The Kier molecular flexibility index (Phi) is 10.9. The fourth-order valence-corrected chi connectivity index (χ4v) is 5.18. The lowest BCUT2D eigenvalue weighted by Gasteiger charge is -2.29. The van der Waals surface area contributed by atoms with Crippen molar-refractivity contribution in [1.82, 2.24) is 0 Å². The molecule has 0 spiro atoms. The van der Waals surface area contributed by atoms with Gasteiger partial charge in [0.1, 0.15) is 46.9 Å². The van der Waals surface area contributed by atoms with Crippen LogP contribution in [0.4, 0.5) is 39.5 Å². The number of halogens is 9. The van der Waals surface area contributed by atoms with Crippen LogP contribution >= 0.6 is 0 Å². The van der Waals surface area contributed by atoms with Gasteiger partial charge in [-0.25, -0.2) is 30.7 Å². The Morgan fingerprint density at radius 1 is 0.688 bits per heavy atom. The minimum Gasteiger partial charge on any atom is -0.488 e. The predicted molar refractivity (Wildman–Crippen MR) is 156 cm³/mol. The first-order valence-electron chi connectivity index (χ1n) is 15.0. The minimum atomic E-state index is -4.72. The third-order valence-electron chi connectivity index (χ3n) is 7.73. The van der Waals surface area contributed by atoms with Crippen LogP contribution in [0.25, 0.3) is 11.1 Å². The monoisotopic (exact) mass is 684 g/mol. The van der Waals surface area contributed by atoms with E-state index in [1.165, 1.54) is 12.1 Å². The summed E-state index contributed by atoms with van der Waals surface area (Å²) >= 11 is 0. The predicted octanol–water partition coefficient (Wildman–Crippen LogP) is 10.3. The van der Waals surface area contributed by atoms with Gasteiger partial charge in [-0.1, -0.05) is 50.5 Å². The SMILES string of the molecule is CCCCCC1COC(c2ccc(-c3cc(F)c(C(F)(F)Oc4cc(F)c(COc5cc(F)c(F)c(F)c5)c(F)c4)c(F)c3)cc2)OC1. The first kappa shape index (κ1) is 35.1. The van der Waals surface area contributed by atoms with E-state index in [9.17, 15) is 30.7 Å². The highest BCUT2D eigenvalue weighted by Crippen LogP contribution is 2.38. The largest absolute Gasteiger partial charge is 0.488 e. The van der Waals surface area contributed by atoms with Crippen LogP contribution in [-0.2, 0) is 22.2 Å². The van der Waals surface area contributed by atoms with Crippen molar-refractivity contribution in [3.05, 3.63) is 118 Å². The van der Waals surface area contributed by atoms with Crippen molar-refractivity contribution in [2.75, 3.05) is 13.2 Å². The van der Waals surface area contributed by atoms with Crippen molar-refractivity contribution in [3.8, 4) is 22.6 Å². The molecule has 1 aliphatic rings. The van der Waals surface area contributed by atoms with E-state index in [-0.39, 0.29) is 5.56 Å². The van der Waals surface area contributed by atoms with Gasteiger partial charge in [0.15, 0.2) is 23.7 Å². The second kappa shape index (κ2) is 14.9. The molecule has 1 saturated heterocycles. The minimum absolute atomic E-state index is 0.0695. The molecule has 0 aliphatic carbocycles. The lowest BCUT2D eigenvalue weighted by Crippen LogP contribution is -2.27. The average Bonchev–Trinajstić information content (AvgIpc) is 3.03. The van der Waals surface area contributed by atoms with Crippen molar-refractivity contribution in [3.63, 3.8) is 0 Å². The van der Waals surface area contributed by atoms with E-state index in [1.807, 2.05) is 0 Å². The standard InChI is InChI=1S/C35H29F9O4/c1-2-3-4-5-19-16-46-34(47-17-19)21-8-6-20(7-9-21)22-10-28(38)32(29(39)11-22)35(43,44)48-24-14-26(36)25(27(37)15-24)18-45-23-12-30(40)33(42)31(41)13-23/h6-15,19,34H,2-5,16-18H2,1H3. The molecule has 0 radical (unpaired) electrons. The summed E-state index contributed by atoms with van der Waals surface area (Å²) in [7, 11) is 0. The molecule has 4 aromatic carbocycles. The molecule has 0 N–H and O–H groups in total. The van der Waals surface area contributed by atoms with E-state index >= 15 is 8.78 Å². The van der Waals surface area contributed by atoms with Gasteiger partial charge in [-0.15, -0.1) is 0 Å². The third-order valence-corrected chi connectivity index (χ3v) is 7.73. The van der Waals surface area contributed by atoms with Gasteiger partial charge >= 0.3 is 6.11 Å². The van der Waals surface area contributed by atoms with Crippen LogP contribution in [0, 0.1) is 46.6 Å². The molecule has 4 aromatic rings. The normalized spacial score (nSPS) is 16.6. The second-order valence-corrected chi connectivity index (χ2v) is 11.3. The van der Waals surface area contributed by atoms with Gasteiger partial charge in [-0.05, 0) is 29.7 Å². The van der Waals surface area contributed by atoms with Crippen molar-refractivity contribution >= 4 is 0 Å². The van der Waals surface area contributed by atoms with E-state index in [1.54, 1.807) is 12.1 Å². The molecule has 0 amide bonds. The Morgan fingerprint density at radius 2 is 1.25 bits per heavy atom. The Morgan fingerprint density at radius 3 is 1.81 bits per heavy atom. The number of rotatable bonds is 12. The van der Waals surface area contributed by atoms with Gasteiger partial charge in [-0.2, -0.15) is 8.78 Å². The topological polar surface area (TPSA) is 36.9 Å². The molecule has 0 aromatic heterocycles. The molecule has 0 bridgehead atoms. The summed E-state index contributed by atoms with van der Waals surface area (Å²) < 4.78 is 150. The Balaban J connectivity index is 1.25. The Labute approximate surface area is 270 Å². The Bertz CT molecular complexity index is 1670. The molecule has 0 atom stereocenters. The number of ether oxygens (including phenoxy) is 4. The number of hydrogen-bond donors (Lipinski definition) is 0. The van der Waals surface area contributed by atoms with E-state index in [2.05, 4.69) is 11.7 Å². The molecule has 1 fully saturated rings. The summed E-state index contributed by atoms with van der Waals surface area (Å²) in [5, 5.41) is 0. The van der Waals surface area contributed by atoms with Crippen LogP contribution in [0.1, 0.15) is 55.6 Å². The molecule has 13 heteroatoms. The fraction of sp³-hybridized carbons (Fsp3) is 0.314. The van der Waals surface area contributed by atoms with Crippen LogP contribution in [0.2, 0.25) is 0 Å². The molecule has 4 nitrogen and oxygen atoms in total. The molecule has 1 heterocycles. The van der Waals surface area contributed by atoms with Gasteiger partial charge in [0.25, 0.3) is 0 Å². The first-order chi connectivity index (χ1) is 22.9. The van der Waals surface area contributed by atoms with Crippen molar-refractivity contribution < 1.29 is 58.5 Å². The van der Waals surface area contributed by atoms with E-state index in [4.69, 9.17) is 14.2 Å². The second-order valence-electron chi connectivity index (χ2n) is 11.3. The van der Waals surface area contributed by atoms with Crippen molar-refractivity contribution in [1.29, 1.82) is 0 Å². The molecule has 0 saturated carbocycles. The summed E-state index contributed by atoms with van der Waals surface area (Å²) in [6.07, 6.45) is -0.995. The highest BCUT2D eigenvalue weighted by atomic mass is 19.3. The number of alkyl halides is 2. The van der Waals surface area contributed by atoms with Crippen LogP contribution in [0.15, 0.2) is 60.7 Å². The molecule has 1 aliphatic heterocycles. The summed E-state index contributed by atoms with van der Waals surface area (Å²) in [4.78, 5) is 0. The van der Waals surface area contributed by atoms with Gasteiger partial charge in [0, 0.05) is 35.7 Å². The lowest BCUT2D eigenvalue weighted by molar-refractivity contribution is -0.206.